The van der Waals surface area contributed by atoms with Crippen molar-refractivity contribution in [2.45, 2.75) is 46.2 Å². The Morgan fingerprint density at radius 1 is 1.32 bits per heavy atom. The number of hydrogen-bond acceptors (Lipinski definition) is 4. The van der Waals surface area contributed by atoms with E-state index in [0.29, 0.717) is 12.1 Å². The van der Waals surface area contributed by atoms with Crippen molar-refractivity contribution in [1.82, 2.24) is 14.7 Å². The minimum absolute atomic E-state index is 0.333. The Kier molecular flexibility index (Phi) is 4.04. The van der Waals surface area contributed by atoms with Crippen molar-refractivity contribution in [2.24, 2.45) is 0 Å². The lowest BCUT2D eigenvalue weighted by Crippen LogP contribution is -2.39. The number of nitrogen functional groups attached to an aromatic ring is 1. The first kappa shape index (κ1) is 14.2. The number of rotatable bonds is 2. The first-order valence-electron chi connectivity index (χ1n) is 7.21. The predicted molar refractivity (Wildman–Crippen MR) is 80.7 cm³/mol. The fourth-order valence-corrected chi connectivity index (χ4v) is 2.88. The lowest BCUT2D eigenvalue weighted by molar-refractivity contribution is 0.336. The highest BCUT2D eigenvalue weighted by Crippen LogP contribution is 2.31. The molecule has 0 spiro atoms. The molecule has 5 heteroatoms. The number of nitrogens with two attached hydrogens (primary N) is 1. The summed E-state index contributed by atoms with van der Waals surface area (Å²) >= 11 is 0. The third kappa shape index (κ3) is 2.71. The molecule has 1 atom stereocenters. The van der Waals surface area contributed by atoms with Crippen LogP contribution in [0.4, 0.5) is 11.5 Å². The zero-order chi connectivity index (χ0) is 14.2. The molecule has 5 nitrogen and oxygen atoms in total. The SMILES string of the molecule is Cc1nn(C(C)C)c(N2CCCN(C)CC2C)c1N. The highest BCUT2D eigenvalue weighted by molar-refractivity contribution is 5.67. The van der Waals surface area contributed by atoms with Gasteiger partial charge in [-0.05, 0) is 47.7 Å². The third-order valence-electron chi connectivity index (χ3n) is 3.91. The van der Waals surface area contributed by atoms with Gasteiger partial charge in [0.05, 0.1) is 11.4 Å². The lowest BCUT2D eigenvalue weighted by Gasteiger charge is -2.31. The molecule has 1 aliphatic rings. The fourth-order valence-electron chi connectivity index (χ4n) is 2.88. The Morgan fingerprint density at radius 2 is 2.00 bits per heavy atom. The topological polar surface area (TPSA) is 50.3 Å². The van der Waals surface area contributed by atoms with E-state index >= 15 is 0 Å². The molecule has 108 valence electrons. The van der Waals surface area contributed by atoms with Gasteiger partial charge in [0.1, 0.15) is 0 Å². The van der Waals surface area contributed by atoms with Gasteiger partial charge >= 0.3 is 0 Å². The van der Waals surface area contributed by atoms with E-state index in [1.54, 1.807) is 0 Å². The summed E-state index contributed by atoms with van der Waals surface area (Å²) in [7, 11) is 2.19. The molecule has 2 heterocycles. The Bertz CT molecular complexity index is 437. The summed E-state index contributed by atoms with van der Waals surface area (Å²) in [4.78, 5) is 4.82. The minimum Gasteiger partial charge on any atom is -0.394 e. The van der Waals surface area contributed by atoms with E-state index in [-0.39, 0.29) is 0 Å². The molecule has 0 saturated carbocycles. The molecule has 1 saturated heterocycles. The van der Waals surface area contributed by atoms with Gasteiger partial charge < -0.3 is 15.5 Å². The zero-order valence-corrected chi connectivity index (χ0v) is 12.8. The number of anilines is 2. The Morgan fingerprint density at radius 3 is 2.63 bits per heavy atom. The average Bonchev–Trinajstić information content (AvgIpc) is 2.51. The molecule has 1 aliphatic heterocycles. The molecular weight excluding hydrogens is 238 g/mol. The molecule has 1 unspecified atom stereocenters. The molecule has 1 aromatic heterocycles. The van der Waals surface area contributed by atoms with E-state index in [0.717, 1.165) is 36.8 Å². The largest absolute Gasteiger partial charge is 0.394 e. The molecule has 0 amide bonds. The van der Waals surface area contributed by atoms with Crippen LogP contribution in [0.2, 0.25) is 0 Å². The maximum absolute atomic E-state index is 6.28. The average molecular weight is 265 g/mol. The van der Waals surface area contributed by atoms with Gasteiger partial charge in [-0.25, -0.2) is 4.68 Å². The van der Waals surface area contributed by atoms with Crippen LogP contribution in [0.15, 0.2) is 0 Å². The third-order valence-corrected chi connectivity index (χ3v) is 3.91. The van der Waals surface area contributed by atoms with Crippen LogP contribution in [0.3, 0.4) is 0 Å². The first-order chi connectivity index (χ1) is 8.91. The smallest absolute Gasteiger partial charge is 0.151 e. The van der Waals surface area contributed by atoms with Crippen LogP contribution in [-0.2, 0) is 0 Å². The van der Waals surface area contributed by atoms with E-state index in [4.69, 9.17) is 5.73 Å². The molecule has 2 rings (SSSR count). The predicted octanol–water partition coefficient (Wildman–Crippen LogP) is 1.89. The van der Waals surface area contributed by atoms with Gasteiger partial charge in [-0.2, -0.15) is 5.10 Å². The summed E-state index contributed by atoms with van der Waals surface area (Å²) in [6.07, 6.45) is 1.17. The molecule has 0 radical (unpaired) electrons. The molecule has 2 N–H and O–H groups in total. The van der Waals surface area contributed by atoms with E-state index < -0.39 is 0 Å². The van der Waals surface area contributed by atoms with E-state index in [2.05, 4.69) is 47.4 Å². The van der Waals surface area contributed by atoms with Crippen molar-refractivity contribution < 1.29 is 0 Å². The summed E-state index contributed by atoms with van der Waals surface area (Å²) in [6, 6.07) is 0.794. The number of aromatic nitrogens is 2. The van der Waals surface area contributed by atoms with Crippen LogP contribution in [0.5, 0.6) is 0 Å². The lowest BCUT2D eigenvalue weighted by atomic mass is 10.2. The van der Waals surface area contributed by atoms with Crippen molar-refractivity contribution >= 4 is 11.5 Å². The summed E-state index contributed by atoms with van der Waals surface area (Å²) in [6.45, 7) is 11.8. The maximum Gasteiger partial charge on any atom is 0.151 e. The van der Waals surface area contributed by atoms with Crippen LogP contribution in [0.25, 0.3) is 0 Å². The van der Waals surface area contributed by atoms with Gasteiger partial charge in [0.25, 0.3) is 0 Å². The van der Waals surface area contributed by atoms with Crippen molar-refractivity contribution in [3.8, 4) is 0 Å². The summed E-state index contributed by atoms with van der Waals surface area (Å²) in [5, 5.41) is 4.61. The van der Waals surface area contributed by atoms with Gasteiger partial charge in [-0.3, -0.25) is 0 Å². The maximum atomic E-state index is 6.28. The van der Waals surface area contributed by atoms with E-state index in [9.17, 15) is 0 Å². The van der Waals surface area contributed by atoms with Crippen LogP contribution < -0.4 is 10.6 Å². The second-order valence-corrected chi connectivity index (χ2v) is 6.02. The van der Waals surface area contributed by atoms with Crippen LogP contribution >= 0.6 is 0 Å². The molecule has 0 bridgehead atoms. The fraction of sp³-hybridized carbons (Fsp3) is 0.786. The monoisotopic (exact) mass is 265 g/mol. The van der Waals surface area contributed by atoms with E-state index in [1.165, 1.54) is 6.42 Å². The van der Waals surface area contributed by atoms with Crippen LogP contribution in [0, 0.1) is 6.92 Å². The first-order valence-corrected chi connectivity index (χ1v) is 7.21. The Labute approximate surface area is 116 Å². The second kappa shape index (κ2) is 5.41. The number of aryl methyl sites for hydroxylation is 1. The second-order valence-electron chi connectivity index (χ2n) is 6.02. The van der Waals surface area contributed by atoms with Crippen molar-refractivity contribution in [1.29, 1.82) is 0 Å². The molecular formula is C14H27N5. The van der Waals surface area contributed by atoms with Gasteiger partial charge in [0, 0.05) is 25.2 Å². The van der Waals surface area contributed by atoms with Gasteiger partial charge in [0.2, 0.25) is 0 Å². The number of nitrogens with zero attached hydrogens (tertiary/aromatic N) is 4. The summed E-state index contributed by atoms with van der Waals surface area (Å²) in [5.74, 6) is 1.11. The Balaban J connectivity index is 2.39. The number of hydrogen-bond donors (Lipinski definition) is 1. The summed E-state index contributed by atoms with van der Waals surface area (Å²) in [5.41, 5.74) is 8.06. The van der Waals surface area contributed by atoms with Crippen LogP contribution in [-0.4, -0.2) is 47.4 Å². The van der Waals surface area contributed by atoms with E-state index in [1.807, 2.05) is 6.92 Å². The molecule has 0 aliphatic carbocycles. The molecule has 1 fully saturated rings. The highest BCUT2D eigenvalue weighted by atomic mass is 15.4. The van der Waals surface area contributed by atoms with Gasteiger partial charge in [-0.1, -0.05) is 0 Å². The van der Waals surface area contributed by atoms with Crippen LogP contribution in [0.1, 0.15) is 38.9 Å². The molecule has 0 aromatic carbocycles. The number of likely N-dealkylation sites (N-methyl/N-ethyl adjacent to an activating group) is 1. The standard InChI is InChI=1S/C14H27N5/c1-10(2)19-14(13(15)12(4)16-19)18-8-6-7-17(5)9-11(18)3/h10-11H,6-9,15H2,1-5H3. The highest BCUT2D eigenvalue weighted by Gasteiger charge is 2.26. The summed E-state index contributed by atoms with van der Waals surface area (Å²) < 4.78 is 2.08. The molecule has 19 heavy (non-hydrogen) atoms. The van der Waals surface area contributed by atoms with Crippen molar-refractivity contribution in [3.63, 3.8) is 0 Å². The van der Waals surface area contributed by atoms with Gasteiger partial charge in [-0.15, -0.1) is 0 Å². The zero-order valence-electron chi connectivity index (χ0n) is 12.8. The quantitative estimate of drug-likeness (QED) is 0.887. The van der Waals surface area contributed by atoms with Crippen molar-refractivity contribution in [3.05, 3.63) is 5.69 Å². The van der Waals surface area contributed by atoms with Crippen molar-refractivity contribution in [2.75, 3.05) is 37.3 Å². The Hall–Kier alpha value is -1.23. The van der Waals surface area contributed by atoms with Gasteiger partial charge in [0.15, 0.2) is 5.82 Å². The minimum atomic E-state index is 0.333. The molecule has 1 aromatic rings. The normalized spacial score (nSPS) is 22.0.